The van der Waals surface area contributed by atoms with Crippen LogP contribution in [0.3, 0.4) is 0 Å². The van der Waals surface area contributed by atoms with Crippen LogP contribution in [0.25, 0.3) is 10.8 Å². The van der Waals surface area contributed by atoms with E-state index in [9.17, 15) is 0 Å². The van der Waals surface area contributed by atoms with Crippen molar-refractivity contribution in [2.24, 2.45) is 5.92 Å². The summed E-state index contributed by atoms with van der Waals surface area (Å²) in [6.07, 6.45) is 1.14. The van der Waals surface area contributed by atoms with Crippen LogP contribution >= 0.6 is 0 Å². The van der Waals surface area contributed by atoms with Crippen molar-refractivity contribution in [1.29, 1.82) is 0 Å². The van der Waals surface area contributed by atoms with Gasteiger partial charge in [0, 0.05) is 0 Å². The lowest BCUT2D eigenvalue weighted by molar-refractivity contribution is 0.415. The molecular formula is C17H24O. The van der Waals surface area contributed by atoms with E-state index in [1.165, 1.54) is 16.3 Å². The Hall–Kier alpha value is -1.50. The molecule has 0 bridgehead atoms. The summed E-state index contributed by atoms with van der Waals surface area (Å²) in [5, 5.41) is 2.53. The third-order valence-corrected chi connectivity index (χ3v) is 2.76. The summed E-state index contributed by atoms with van der Waals surface area (Å²) < 4.78 is 5.22. The zero-order valence-corrected chi connectivity index (χ0v) is 12.2. The Labute approximate surface area is 111 Å². The molecule has 0 aliphatic heterocycles. The first-order valence-electron chi connectivity index (χ1n) is 6.75. The molecule has 0 fully saturated rings. The first-order chi connectivity index (χ1) is 8.69. The first kappa shape index (κ1) is 14.6. The fourth-order valence-corrected chi connectivity index (χ4v) is 2.00. The SMILES string of the molecule is CC.COc1ccc2cc(CC(C)C)ccc2c1. The molecule has 0 spiro atoms. The number of benzene rings is 2. The lowest BCUT2D eigenvalue weighted by Gasteiger charge is -2.07. The molecule has 0 amide bonds. The lowest BCUT2D eigenvalue weighted by Crippen LogP contribution is -1.93. The van der Waals surface area contributed by atoms with Crippen molar-refractivity contribution in [1.82, 2.24) is 0 Å². The van der Waals surface area contributed by atoms with Gasteiger partial charge in [0.15, 0.2) is 0 Å². The molecule has 2 aromatic rings. The number of hydrogen-bond acceptors (Lipinski definition) is 1. The van der Waals surface area contributed by atoms with E-state index in [2.05, 4.69) is 44.2 Å². The molecule has 0 atom stereocenters. The van der Waals surface area contributed by atoms with E-state index in [1.807, 2.05) is 19.9 Å². The first-order valence-corrected chi connectivity index (χ1v) is 6.75. The molecule has 1 nitrogen and oxygen atoms in total. The van der Waals surface area contributed by atoms with Gasteiger partial charge in [-0.05, 0) is 40.8 Å². The van der Waals surface area contributed by atoms with E-state index in [0.29, 0.717) is 5.92 Å². The molecular weight excluding hydrogens is 220 g/mol. The molecule has 0 aliphatic carbocycles. The molecule has 2 rings (SSSR count). The van der Waals surface area contributed by atoms with Crippen LogP contribution in [-0.4, -0.2) is 7.11 Å². The van der Waals surface area contributed by atoms with Crippen molar-refractivity contribution in [2.75, 3.05) is 7.11 Å². The summed E-state index contributed by atoms with van der Waals surface area (Å²) >= 11 is 0. The van der Waals surface area contributed by atoms with E-state index in [4.69, 9.17) is 4.74 Å². The molecule has 0 unspecified atom stereocenters. The number of rotatable bonds is 3. The van der Waals surface area contributed by atoms with Gasteiger partial charge in [-0.2, -0.15) is 0 Å². The molecule has 98 valence electrons. The maximum atomic E-state index is 5.22. The third-order valence-electron chi connectivity index (χ3n) is 2.76. The Kier molecular flexibility index (Phi) is 5.70. The molecule has 0 saturated carbocycles. The fraction of sp³-hybridized carbons (Fsp3) is 0.412. The van der Waals surface area contributed by atoms with Crippen LogP contribution in [0.5, 0.6) is 5.75 Å². The number of methoxy groups -OCH3 is 1. The van der Waals surface area contributed by atoms with Gasteiger partial charge in [0.05, 0.1) is 7.11 Å². The molecule has 0 aliphatic rings. The average Bonchev–Trinajstić information content (AvgIpc) is 2.39. The zero-order valence-electron chi connectivity index (χ0n) is 12.2. The average molecular weight is 244 g/mol. The highest BCUT2D eigenvalue weighted by Gasteiger charge is 2.00. The second-order valence-electron chi connectivity index (χ2n) is 4.65. The van der Waals surface area contributed by atoms with Crippen molar-refractivity contribution < 1.29 is 4.74 Å². The fourth-order valence-electron chi connectivity index (χ4n) is 2.00. The Morgan fingerprint density at radius 3 is 2.17 bits per heavy atom. The predicted octanol–water partition coefficient (Wildman–Crippen LogP) is 5.07. The van der Waals surface area contributed by atoms with Gasteiger partial charge in [-0.15, -0.1) is 0 Å². The second-order valence-corrected chi connectivity index (χ2v) is 4.65. The van der Waals surface area contributed by atoms with Gasteiger partial charge in [0.2, 0.25) is 0 Å². The zero-order chi connectivity index (χ0) is 13.5. The highest BCUT2D eigenvalue weighted by molar-refractivity contribution is 5.84. The number of ether oxygens (including phenoxy) is 1. The van der Waals surface area contributed by atoms with E-state index in [1.54, 1.807) is 7.11 Å². The minimum absolute atomic E-state index is 0.704. The summed E-state index contributed by atoms with van der Waals surface area (Å²) in [6.45, 7) is 8.50. The summed E-state index contributed by atoms with van der Waals surface area (Å²) in [6, 6.07) is 12.9. The normalized spacial score (nSPS) is 10.1. The van der Waals surface area contributed by atoms with Crippen molar-refractivity contribution in [3.63, 3.8) is 0 Å². The van der Waals surface area contributed by atoms with Crippen molar-refractivity contribution in [3.05, 3.63) is 42.0 Å². The molecule has 0 N–H and O–H groups in total. The largest absolute Gasteiger partial charge is 0.497 e. The standard InChI is InChI=1S/C15H18O.C2H6/c1-11(2)8-12-4-5-14-10-15(16-3)7-6-13(14)9-12;1-2/h4-7,9-11H,8H2,1-3H3;1-2H3. The molecule has 0 radical (unpaired) electrons. The van der Waals surface area contributed by atoms with Gasteiger partial charge >= 0.3 is 0 Å². The number of hydrogen-bond donors (Lipinski definition) is 0. The van der Waals surface area contributed by atoms with Crippen LogP contribution in [0, 0.1) is 5.92 Å². The Balaban J connectivity index is 0.000000771. The molecule has 1 heteroatoms. The van der Waals surface area contributed by atoms with Crippen LogP contribution in [0.1, 0.15) is 33.3 Å². The van der Waals surface area contributed by atoms with E-state index in [0.717, 1.165) is 12.2 Å². The Morgan fingerprint density at radius 2 is 1.56 bits per heavy atom. The van der Waals surface area contributed by atoms with Gasteiger partial charge in [-0.25, -0.2) is 0 Å². The van der Waals surface area contributed by atoms with E-state index in [-0.39, 0.29) is 0 Å². The van der Waals surface area contributed by atoms with Crippen molar-refractivity contribution in [2.45, 2.75) is 34.1 Å². The highest BCUT2D eigenvalue weighted by atomic mass is 16.5. The van der Waals surface area contributed by atoms with E-state index >= 15 is 0 Å². The summed E-state index contributed by atoms with van der Waals surface area (Å²) in [4.78, 5) is 0. The Morgan fingerprint density at radius 1 is 0.944 bits per heavy atom. The maximum Gasteiger partial charge on any atom is 0.119 e. The minimum atomic E-state index is 0.704. The van der Waals surface area contributed by atoms with Crippen LogP contribution in [0.15, 0.2) is 36.4 Å². The van der Waals surface area contributed by atoms with Gasteiger partial charge in [0.25, 0.3) is 0 Å². The minimum Gasteiger partial charge on any atom is -0.497 e. The topological polar surface area (TPSA) is 9.23 Å². The molecule has 0 aromatic heterocycles. The van der Waals surface area contributed by atoms with Gasteiger partial charge in [0.1, 0.15) is 5.75 Å². The highest BCUT2D eigenvalue weighted by Crippen LogP contribution is 2.22. The molecule has 18 heavy (non-hydrogen) atoms. The predicted molar refractivity (Wildman–Crippen MR) is 80.4 cm³/mol. The molecule has 2 aromatic carbocycles. The van der Waals surface area contributed by atoms with Crippen molar-refractivity contribution in [3.8, 4) is 5.75 Å². The molecule has 0 heterocycles. The lowest BCUT2D eigenvalue weighted by atomic mass is 10.00. The Bertz CT molecular complexity index is 486. The summed E-state index contributed by atoms with van der Waals surface area (Å²) in [5.74, 6) is 1.62. The van der Waals surface area contributed by atoms with Gasteiger partial charge < -0.3 is 4.74 Å². The second kappa shape index (κ2) is 7.05. The molecule has 0 saturated heterocycles. The van der Waals surface area contributed by atoms with Crippen LogP contribution < -0.4 is 4.74 Å². The van der Waals surface area contributed by atoms with Crippen molar-refractivity contribution >= 4 is 10.8 Å². The van der Waals surface area contributed by atoms with Crippen LogP contribution in [0.2, 0.25) is 0 Å². The van der Waals surface area contributed by atoms with E-state index < -0.39 is 0 Å². The van der Waals surface area contributed by atoms with Gasteiger partial charge in [-0.1, -0.05) is 52.0 Å². The third kappa shape index (κ3) is 3.76. The van der Waals surface area contributed by atoms with Gasteiger partial charge in [-0.3, -0.25) is 0 Å². The summed E-state index contributed by atoms with van der Waals surface area (Å²) in [5.41, 5.74) is 1.41. The number of fused-ring (bicyclic) bond motifs is 1. The van der Waals surface area contributed by atoms with Crippen LogP contribution in [0.4, 0.5) is 0 Å². The quantitative estimate of drug-likeness (QED) is 0.732. The maximum absolute atomic E-state index is 5.22. The monoisotopic (exact) mass is 244 g/mol. The summed E-state index contributed by atoms with van der Waals surface area (Å²) in [7, 11) is 1.70. The smallest absolute Gasteiger partial charge is 0.119 e. The van der Waals surface area contributed by atoms with Crippen LogP contribution in [-0.2, 0) is 6.42 Å².